The van der Waals surface area contributed by atoms with Gasteiger partial charge < -0.3 is 31.2 Å². The van der Waals surface area contributed by atoms with Crippen LogP contribution >= 0.6 is 0 Å². The van der Waals surface area contributed by atoms with Crippen molar-refractivity contribution in [2.24, 2.45) is 0 Å². The summed E-state index contributed by atoms with van der Waals surface area (Å²) in [4.78, 5) is 11.2. The third-order valence-corrected chi connectivity index (χ3v) is 3.49. The SMILES string of the molecule is COc1cc(NCc2c[nH]c3nc(N)nc(N)c23)cc(OC)c1. The topological polar surface area (TPSA) is 124 Å². The maximum atomic E-state index is 5.94. The van der Waals surface area contributed by atoms with Crippen molar-refractivity contribution in [3.63, 3.8) is 0 Å². The van der Waals surface area contributed by atoms with Gasteiger partial charge in [-0.15, -0.1) is 0 Å². The molecule has 0 amide bonds. The first kappa shape index (κ1) is 14.8. The Morgan fingerprint density at radius 2 is 1.78 bits per heavy atom. The van der Waals surface area contributed by atoms with Gasteiger partial charge in [0.1, 0.15) is 23.0 Å². The van der Waals surface area contributed by atoms with Gasteiger partial charge in [-0.3, -0.25) is 0 Å². The molecule has 23 heavy (non-hydrogen) atoms. The largest absolute Gasteiger partial charge is 0.497 e. The number of aromatic amines is 1. The number of benzene rings is 1. The van der Waals surface area contributed by atoms with Gasteiger partial charge in [-0.1, -0.05) is 0 Å². The number of nitrogens with zero attached hydrogens (tertiary/aromatic N) is 2. The molecule has 8 nitrogen and oxygen atoms in total. The molecule has 0 fully saturated rings. The predicted molar refractivity (Wildman–Crippen MR) is 89.6 cm³/mol. The van der Waals surface area contributed by atoms with Crippen molar-refractivity contribution in [1.29, 1.82) is 0 Å². The zero-order valence-electron chi connectivity index (χ0n) is 12.9. The standard InChI is InChI=1S/C15H18N6O2/c1-22-10-3-9(4-11(5-10)23-2)18-6-8-7-19-14-12(8)13(16)20-15(17)21-14/h3-5,7,18H,6H2,1-2H3,(H5,16,17,19,20,21). The van der Waals surface area contributed by atoms with Gasteiger partial charge in [0.2, 0.25) is 5.95 Å². The molecule has 0 atom stereocenters. The van der Waals surface area contributed by atoms with Crippen LogP contribution in [-0.2, 0) is 6.54 Å². The van der Waals surface area contributed by atoms with E-state index in [1.807, 2.05) is 24.4 Å². The highest BCUT2D eigenvalue weighted by Gasteiger charge is 2.11. The maximum Gasteiger partial charge on any atom is 0.223 e. The highest BCUT2D eigenvalue weighted by Crippen LogP contribution is 2.27. The van der Waals surface area contributed by atoms with E-state index in [4.69, 9.17) is 20.9 Å². The second-order valence-corrected chi connectivity index (χ2v) is 4.96. The molecule has 0 bridgehead atoms. The first-order valence-electron chi connectivity index (χ1n) is 6.96. The lowest BCUT2D eigenvalue weighted by atomic mass is 10.2. The van der Waals surface area contributed by atoms with E-state index in [1.54, 1.807) is 14.2 Å². The number of rotatable bonds is 5. The van der Waals surface area contributed by atoms with Crippen molar-refractivity contribution in [3.8, 4) is 11.5 Å². The number of H-pyrrole nitrogens is 1. The highest BCUT2D eigenvalue weighted by molar-refractivity contribution is 5.90. The molecule has 0 aliphatic rings. The van der Waals surface area contributed by atoms with Gasteiger partial charge in [0.05, 0.1) is 19.6 Å². The summed E-state index contributed by atoms with van der Waals surface area (Å²) in [6.45, 7) is 0.536. The summed E-state index contributed by atoms with van der Waals surface area (Å²) < 4.78 is 10.5. The number of hydrogen-bond acceptors (Lipinski definition) is 7. The van der Waals surface area contributed by atoms with Gasteiger partial charge in [-0.25, -0.2) is 0 Å². The van der Waals surface area contributed by atoms with Crippen LogP contribution in [0.15, 0.2) is 24.4 Å². The van der Waals surface area contributed by atoms with Gasteiger partial charge in [0.25, 0.3) is 0 Å². The van der Waals surface area contributed by atoms with E-state index in [2.05, 4.69) is 20.3 Å². The molecule has 3 rings (SSSR count). The number of fused-ring (bicyclic) bond motifs is 1. The molecule has 1 aromatic carbocycles. The molecule has 0 saturated heterocycles. The minimum Gasteiger partial charge on any atom is -0.497 e. The number of ether oxygens (including phenoxy) is 2. The second kappa shape index (κ2) is 5.91. The Morgan fingerprint density at radius 3 is 2.43 bits per heavy atom. The molecule has 8 heteroatoms. The molecule has 2 heterocycles. The van der Waals surface area contributed by atoms with E-state index in [1.165, 1.54) is 0 Å². The summed E-state index contributed by atoms with van der Waals surface area (Å²) in [6, 6.07) is 5.58. The zero-order chi connectivity index (χ0) is 16.4. The Hall–Kier alpha value is -3.16. The van der Waals surface area contributed by atoms with Gasteiger partial charge >= 0.3 is 0 Å². The van der Waals surface area contributed by atoms with Crippen LogP contribution in [0.5, 0.6) is 11.5 Å². The molecule has 120 valence electrons. The number of methoxy groups -OCH3 is 2. The summed E-state index contributed by atoms with van der Waals surface area (Å²) in [5.74, 6) is 1.92. The number of hydrogen-bond donors (Lipinski definition) is 4. The molecule has 6 N–H and O–H groups in total. The zero-order valence-corrected chi connectivity index (χ0v) is 12.9. The Kier molecular flexibility index (Phi) is 3.80. The Bertz CT molecular complexity index is 823. The molecular weight excluding hydrogens is 296 g/mol. The minimum absolute atomic E-state index is 0.147. The van der Waals surface area contributed by atoms with Crippen LogP contribution < -0.4 is 26.3 Å². The van der Waals surface area contributed by atoms with E-state index in [-0.39, 0.29) is 5.95 Å². The van der Waals surface area contributed by atoms with Crippen LogP contribution in [0.1, 0.15) is 5.56 Å². The number of nitrogens with one attached hydrogen (secondary N) is 2. The summed E-state index contributed by atoms with van der Waals surface area (Å²) in [6.07, 6.45) is 1.83. The summed E-state index contributed by atoms with van der Waals surface area (Å²) in [7, 11) is 3.22. The molecule has 2 aromatic heterocycles. The van der Waals surface area contributed by atoms with Gasteiger partial charge in [0.15, 0.2) is 0 Å². The Morgan fingerprint density at radius 1 is 1.09 bits per heavy atom. The van der Waals surface area contributed by atoms with Crippen molar-refractivity contribution in [2.75, 3.05) is 31.0 Å². The lowest BCUT2D eigenvalue weighted by Crippen LogP contribution is -2.03. The molecule has 0 unspecified atom stereocenters. The van der Waals surface area contributed by atoms with Crippen LogP contribution in [-0.4, -0.2) is 29.2 Å². The van der Waals surface area contributed by atoms with Gasteiger partial charge in [-0.2, -0.15) is 9.97 Å². The molecule has 0 radical (unpaired) electrons. The molecule has 0 aliphatic carbocycles. The van der Waals surface area contributed by atoms with E-state index in [0.717, 1.165) is 16.6 Å². The fourth-order valence-corrected chi connectivity index (χ4v) is 2.39. The molecule has 0 aliphatic heterocycles. The fourth-order valence-electron chi connectivity index (χ4n) is 2.39. The average molecular weight is 314 g/mol. The molecular formula is C15H18N6O2. The second-order valence-electron chi connectivity index (χ2n) is 4.96. The quantitative estimate of drug-likeness (QED) is 0.565. The first-order valence-corrected chi connectivity index (χ1v) is 6.96. The van der Waals surface area contributed by atoms with Gasteiger partial charge in [0, 0.05) is 42.2 Å². The molecule has 0 spiro atoms. The summed E-state index contributed by atoms with van der Waals surface area (Å²) in [5.41, 5.74) is 14.0. The normalized spacial score (nSPS) is 10.7. The van der Waals surface area contributed by atoms with E-state index < -0.39 is 0 Å². The maximum absolute atomic E-state index is 5.94. The number of nitrogens with two attached hydrogens (primary N) is 2. The van der Waals surface area contributed by atoms with Crippen LogP contribution in [0.25, 0.3) is 11.0 Å². The Labute approximate surface area is 132 Å². The van der Waals surface area contributed by atoms with Crippen molar-refractivity contribution in [1.82, 2.24) is 15.0 Å². The monoisotopic (exact) mass is 314 g/mol. The first-order chi connectivity index (χ1) is 11.1. The lowest BCUT2D eigenvalue weighted by molar-refractivity contribution is 0.394. The Balaban J connectivity index is 1.86. The van der Waals surface area contributed by atoms with Crippen molar-refractivity contribution >= 4 is 28.5 Å². The molecule has 3 aromatic rings. The number of aromatic nitrogens is 3. The minimum atomic E-state index is 0.147. The van der Waals surface area contributed by atoms with Gasteiger partial charge in [-0.05, 0) is 0 Å². The van der Waals surface area contributed by atoms with Crippen molar-refractivity contribution in [2.45, 2.75) is 6.54 Å². The van der Waals surface area contributed by atoms with Crippen LogP contribution in [0.4, 0.5) is 17.5 Å². The summed E-state index contributed by atoms with van der Waals surface area (Å²) >= 11 is 0. The summed E-state index contributed by atoms with van der Waals surface area (Å²) in [5, 5.41) is 4.07. The van der Waals surface area contributed by atoms with E-state index in [9.17, 15) is 0 Å². The number of anilines is 3. The van der Waals surface area contributed by atoms with Crippen molar-refractivity contribution in [3.05, 3.63) is 30.0 Å². The third-order valence-electron chi connectivity index (χ3n) is 3.49. The highest BCUT2D eigenvalue weighted by atomic mass is 16.5. The van der Waals surface area contributed by atoms with E-state index >= 15 is 0 Å². The fraction of sp³-hybridized carbons (Fsp3) is 0.200. The lowest BCUT2D eigenvalue weighted by Gasteiger charge is -2.10. The van der Waals surface area contributed by atoms with Crippen molar-refractivity contribution < 1.29 is 9.47 Å². The predicted octanol–water partition coefficient (Wildman–Crippen LogP) is 1.75. The van der Waals surface area contributed by atoms with Crippen LogP contribution in [0, 0.1) is 0 Å². The smallest absolute Gasteiger partial charge is 0.223 e. The average Bonchev–Trinajstić information content (AvgIpc) is 2.95. The van der Waals surface area contributed by atoms with Crippen LogP contribution in [0.2, 0.25) is 0 Å². The third kappa shape index (κ3) is 2.91. The number of nitrogen functional groups attached to an aromatic ring is 2. The van der Waals surface area contributed by atoms with Crippen LogP contribution in [0.3, 0.4) is 0 Å². The van der Waals surface area contributed by atoms with E-state index in [0.29, 0.717) is 29.5 Å². The molecule has 0 saturated carbocycles.